The molecule has 3 rings (SSSR count). The third-order valence-corrected chi connectivity index (χ3v) is 7.30. The molecule has 0 unspecified atom stereocenters. The van der Waals surface area contributed by atoms with Gasteiger partial charge in [-0.1, -0.05) is 23.7 Å². The topological polar surface area (TPSA) is 84.9 Å². The molecular weight excluding hydrogens is 476 g/mol. The molecule has 0 aliphatic heterocycles. The van der Waals surface area contributed by atoms with Crippen LogP contribution in [-0.4, -0.2) is 35.1 Å². The first-order chi connectivity index (χ1) is 16.1. The number of halogens is 1. The van der Waals surface area contributed by atoms with Crippen molar-refractivity contribution in [2.45, 2.75) is 24.8 Å². The van der Waals surface area contributed by atoms with Crippen LogP contribution in [0, 0.1) is 6.92 Å². The number of benzene rings is 3. The Morgan fingerprint density at radius 3 is 2.35 bits per heavy atom. The van der Waals surface area contributed by atoms with Gasteiger partial charge in [0.2, 0.25) is 5.91 Å². The number of aryl methyl sites for hydroxylation is 1. The number of amides is 1. The summed E-state index contributed by atoms with van der Waals surface area (Å²) in [6.07, 6.45) is 0. The van der Waals surface area contributed by atoms with Crippen LogP contribution in [-0.2, 0) is 14.8 Å². The maximum Gasteiger partial charge on any atom is 0.264 e. The average Bonchev–Trinajstić information content (AvgIpc) is 2.82. The minimum atomic E-state index is -4.04. The molecule has 0 bridgehead atoms. The Morgan fingerprint density at radius 1 is 1.03 bits per heavy atom. The molecule has 0 aliphatic rings. The third kappa shape index (κ3) is 5.81. The molecule has 9 heteroatoms. The number of sulfonamides is 1. The van der Waals surface area contributed by atoms with E-state index in [4.69, 9.17) is 21.1 Å². The lowest BCUT2D eigenvalue weighted by Gasteiger charge is -2.26. The van der Waals surface area contributed by atoms with Crippen LogP contribution in [0.3, 0.4) is 0 Å². The summed E-state index contributed by atoms with van der Waals surface area (Å²) >= 11 is 5.93. The van der Waals surface area contributed by atoms with Crippen LogP contribution in [0.4, 0.5) is 5.69 Å². The maximum atomic E-state index is 13.5. The molecule has 7 nitrogen and oxygen atoms in total. The molecule has 3 aromatic carbocycles. The molecule has 0 fully saturated rings. The van der Waals surface area contributed by atoms with E-state index in [0.717, 1.165) is 9.87 Å². The standard InChI is InChI=1S/C25H27ClN2O5S/c1-17-6-5-7-20(14-17)28(34(30,31)22-11-8-19(26)9-12-22)16-25(29)27-18(2)23-15-21(32-3)10-13-24(23)33-4/h5-15,18H,16H2,1-4H3,(H,27,29)/t18-/m1/s1. The lowest BCUT2D eigenvalue weighted by Crippen LogP contribution is -2.41. The maximum absolute atomic E-state index is 13.5. The first-order valence-corrected chi connectivity index (χ1v) is 12.3. The van der Waals surface area contributed by atoms with Gasteiger partial charge < -0.3 is 14.8 Å². The third-order valence-electron chi connectivity index (χ3n) is 5.26. The second kappa shape index (κ2) is 10.8. The van der Waals surface area contributed by atoms with Crippen LogP contribution < -0.4 is 19.1 Å². The van der Waals surface area contributed by atoms with Gasteiger partial charge in [0.25, 0.3) is 10.0 Å². The number of anilines is 1. The summed E-state index contributed by atoms with van der Waals surface area (Å²) in [6.45, 7) is 3.23. The lowest BCUT2D eigenvalue weighted by atomic mass is 10.1. The normalized spacial score (nSPS) is 12.0. The van der Waals surface area contributed by atoms with E-state index in [1.165, 1.54) is 31.4 Å². The molecule has 0 radical (unpaired) electrons. The minimum Gasteiger partial charge on any atom is -0.497 e. The smallest absolute Gasteiger partial charge is 0.264 e. The summed E-state index contributed by atoms with van der Waals surface area (Å²) in [7, 11) is -0.946. The highest BCUT2D eigenvalue weighted by molar-refractivity contribution is 7.92. The molecular formula is C25H27ClN2O5S. The summed E-state index contributed by atoms with van der Waals surface area (Å²) in [5.41, 5.74) is 1.96. The van der Waals surface area contributed by atoms with Gasteiger partial charge in [0.1, 0.15) is 18.0 Å². The van der Waals surface area contributed by atoms with E-state index in [2.05, 4.69) is 5.32 Å². The molecule has 0 saturated heterocycles. The first-order valence-electron chi connectivity index (χ1n) is 10.5. The van der Waals surface area contributed by atoms with E-state index in [1.807, 2.05) is 13.0 Å². The number of hydrogen-bond donors (Lipinski definition) is 1. The van der Waals surface area contributed by atoms with Crippen molar-refractivity contribution in [3.05, 3.63) is 82.9 Å². The van der Waals surface area contributed by atoms with Crippen LogP contribution in [0.15, 0.2) is 71.6 Å². The number of carbonyl (C=O) groups is 1. The summed E-state index contributed by atoms with van der Waals surface area (Å²) in [6, 6.07) is 17.6. The van der Waals surface area contributed by atoms with Crippen molar-refractivity contribution in [3.8, 4) is 11.5 Å². The van der Waals surface area contributed by atoms with Crippen molar-refractivity contribution in [2.24, 2.45) is 0 Å². The highest BCUT2D eigenvalue weighted by Gasteiger charge is 2.28. The van der Waals surface area contributed by atoms with Crippen molar-refractivity contribution in [1.82, 2.24) is 5.32 Å². The largest absolute Gasteiger partial charge is 0.497 e. The highest BCUT2D eigenvalue weighted by atomic mass is 35.5. The summed E-state index contributed by atoms with van der Waals surface area (Å²) < 4.78 is 38.8. The zero-order valence-corrected chi connectivity index (χ0v) is 21.0. The molecule has 1 N–H and O–H groups in total. The monoisotopic (exact) mass is 502 g/mol. The second-order valence-corrected chi connectivity index (χ2v) is 10.0. The van der Waals surface area contributed by atoms with Crippen LogP contribution in [0.1, 0.15) is 24.1 Å². The summed E-state index contributed by atoms with van der Waals surface area (Å²) in [4.78, 5) is 13.1. The Balaban J connectivity index is 1.91. The zero-order chi connectivity index (χ0) is 24.9. The van der Waals surface area contributed by atoms with Crippen molar-refractivity contribution >= 4 is 33.2 Å². The van der Waals surface area contributed by atoms with Crippen molar-refractivity contribution < 1.29 is 22.7 Å². The molecule has 3 aromatic rings. The number of ether oxygens (including phenoxy) is 2. The molecule has 0 heterocycles. The van der Waals surface area contributed by atoms with Crippen LogP contribution >= 0.6 is 11.6 Å². The van der Waals surface area contributed by atoms with E-state index in [1.54, 1.807) is 50.4 Å². The highest BCUT2D eigenvalue weighted by Crippen LogP contribution is 2.30. The quantitative estimate of drug-likeness (QED) is 0.457. The Kier molecular flexibility index (Phi) is 8.06. The van der Waals surface area contributed by atoms with Gasteiger partial charge in [-0.25, -0.2) is 8.42 Å². The van der Waals surface area contributed by atoms with E-state index in [0.29, 0.717) is 27.8 Å². The van der Waals surface area contributed by atoms with Gasteiger partial charge in [0, 0.05) is 10.6 Å². The van der Waals surface area contributed by atoms with E-state index >= 15 is 0 Å². The van der Waals surface area contributed by atoms with Gasteiger partial charge in [-0.15, -0.1) is 0 Å². The van der Waals surface area contributed by atoms with Gasteiger partial charge in [-0.05, 0) is 74.0 Å². The van der Waals surface area contributed by atoms with E-state index in [-0.39, 0.29) is 4.90 Å². The number of hydrogen-bond acceptors (Lipinski definition) is 5. The first kappa shape index (κ1) is 25.4. The SMILES string of the molecule is COc1ccc(OC)c([C@@H](C)NC(=O)CN(c2cccc(C)c2)S(=O)(=O)c2ccc(Cl)cc2)c1. The molecule has 0 saturated carbocycles. The molecule has 1 amide bonds. The van der Waals surface area contributed by atoms with Crippen LogP contribution in [0.5, 0.6) is 11.5 Å². The Hall–Kier alpha value is -3.23. The molecule has 0 aromatic heterocycles. The zero-order valence-electron chi connectivity index (χ0n) is 19.4. The Morgan fingerprint density at radius 2 is 1.74 bits per heavy atom. The van der Waals surface area contributed by atoms with Crippen molar-refractivity contribution in [1.29, 1.82) is 0 Å². The van der Waals surface area contributed by atoms with E-state index in [9.17, 15) is 13.2 Å². The number of carbonyl (C=O) groups excluding carboxylic acids is 1. The molecule has 1 atom stereocenters. The van der Waals surface area contributed by atoms with Crippen LogP contribution in [0.25, 0.3) is 0 Å². The van der Waals surface area contributed by atoms with E-state index < -0.39 is 28.5 Å². The molecule has 180 valence electrons. The number of nitrogens with one attached hydrogen (secondary N) is 1. The van der Waals surface area contributed by atoms with Gasteiger partial charge >= 0.3 is 0 Å². The Bertz CT molecular complexity index is 1260. The fourth-order valence-corrected chi connectivity index (χ4v) is 5.04. The predicted molar refractivity (Wildman–Crippen MR) is 133 cm³/mol. The van der Waals surface area contributed by atoms with Crippen molar-refractivity contribution in [2.75, 3.05) is 25.1 Å². The number of methoxy groups -OCH3 is 2. The average molecular weight is 503 g/mol. The van der Waals surface area contributed by atoms with Gasteiger partial charge in [0.15, 0.2) is 0 Å². The molecule has 34 heavy (non-hydrogen) atoms. The van der Waals surface area contributed by atoms with Crippen LogP contribution in [0.2, 0.25) is 5.02 Å². The molecule has 0 spiro atoms. The van der Waals surface area contributed by atoms with Gasteiger partial charge in [0.05, 0.1) is 30.8 Å². The van der Waals surface area contributed by atoms with Gasteiger partial charge in [-0.2, -0.15) is 0 Å². The number of rotatable bonds is 9. The Labute approximate surface area is 205 Å². The predicted octanol–water partition coefficient (Wildman–Crippen LogP) is 4.74. The second-order valence-electron chi connectivity index (χ2n) is 7.70. The summed E-state index contributed by atoms with van der Waals surface area (Å²) in [5.74, 6) is 0.720. The van der Waals surface area contributed by atoms with Gasteiger partial charge in [-0.3, -0.25) is 9.10 Å². The number of nitrogens with zero attached hydrogens (tertiary/aromatic N) is 1. The lowest BCUT2D eigenvalue weighted by molar-refractivity contribution is -0.120. The fraction of sp³-hybridized carbons (Fsp3) is 0.240. The molecule has 0 aliphatic carbocycles. The summed E-state index contributed by atoms with van der Waals surface area (Å²) in [5, 5.41) is 3.28. The minimum absolute atomic E-state index is 0.0359. The van der Waals surface area contributed by atoms with Crippen molar-refractivity contribution in [3.63, 3.8) is 0 Å². The fourth-order valence-electron chi connectivity index (χ4n) is 3.51.